The molecule has 0 aliphatic carbocycles. The summed E-state index contributed by atoms with van der Waals surface area (Å²) >= 11 is 0. The van der Waals surface area contributed by atoms with Gasteiger partial charge in [-0.05, 0) is 51.4 Å². The van der Waals surface area contributed by atoms with Gasteiger partial charge in [-0.3, -0.25) is 4.79 Å². The molecule has 1 amide bonds. The summed E-state index contributed by atoms with van der Waals surface area (Å²) in [6.07, 6.45) is 40.9. The van der Waals surface area contributed by atoms with Crippen molar-refractivity contribution in [3.63, 3.8) is 0 Å². The molecule has 0 saturated carbocycles. The van der Waals surface area contributed by atoms with Crippen molar-refractivity contribution in [2.24, 2.45) is 0 Å². The highest BCUT2D eigenvalue weighted by atomic mass is 16.3. The molecule has 0 rings (SSSR count). The second-order valence-electron chi connectivity index (χ2n) is 11.6. The van der Waals surface area contributed by atoms with Crippen LogP contribution in [0.2, 0.25) is 0 Å². The van der Waals surface area contributed by atoms with Crippen molar-refractivity contribution in [2.45, 2.75) is 180 Å². The van der Waals surface area contributed by atoms with E-state index in [0.717, 1.165) is 32.1 Å². The minimum Gasteiger partial charge on any atom is -0.394 e. The van der Waals surface area contributed by atoms with E-state index in [4.69, 9.17) is 0 Å². The molecule has 2 unspecified atom stereocenters. The average Bonchev–Trinajstić information content (AvgIpc) is 2.96. The second kappa shape index (κ2) is 32.1. The smallest absolute Gasteiger partial charge is 0.220 e. The van der Waals surface area contributed by atoms with Crippen LogP contribution in [-0.2, 0) is 4.79 Å². The topological polar surface area (TPSA) is 69.6 Å². The molecule has 2 atom stereocenters. The summed E-state index contributed by atoms with van der Waals surface area (Å²) in [5, 5.41) is 22.7. The number of unbranched alkanes of at least 4 members (excludes halogenated alkanes) is 19. The normalized spacial score (nSPS) is 13.6. The van der Waals surface area contributed by atoms with Crippen LogP contribution >= 0.6 is 0 Å². The van der Waals surface area contributed by atoms with Crippen molar-refractivity contribution in [3.05, 3.63) is 36.5 Å². The first kappa shape index (κ1) is 38.6. The molecule has 40 heavy (non-hydrogen) atoms. The third-order valence-corrected chi connectivity index (χ3v) is 7.62. The van der Waals surface area contributed by atoms with Gasteiger partial charge in [-0.25, -0.2) is 0 Å². The van der Waals surface area contributed by atoms with Crippen LogP contribution in [0.1, 0.15) is 168 Å². The second-order valence-corrected chi connectivity index (χ2v) is 11.6. The van der Waals surface area contributed by atoms with Crippen LogP contribution in [0, 0.1) is 0 Å². The monoisotopic (exact) mass is 562 g/mol. The Balaban J connectivity index is 3.57. The van der Waals surface area contributed by atoms with Gasteiger partial charge in [0, 0.05) is 6.42 Å². The molecule has 0 heterocycles. The maximum Gasteiger partial charge on any atom is 0.220 e. The molecule has 0 aromatic heterocycles. The molecule has 0 spiro atoms. The van der Waals surface area contributed by atoms with Gasteiger partial charge in [0.05, 0.1) is 18.8 Å². The Kier molecular flexibility index (Phi) is 31.0. The van der Waals surface area contributed by atoms with Gasteiger partial charge in [-0.15, -0.1) is 0 Å². The SMILES string of the molecule is CCCCCCC/C=C\C/C=C\CCCCCCCCCCCC(=O)NC(CO)C(O)/C=C/CCCCCCC. The molecule has 0 aromatic carbocycles. The van der Waals surface area contributed by atoms with Gasteiger partial charge in [0.25, 0.3) is 0 Å². The Hall–Kier alpha value is -1.39. The zero-order chi connectivity index (χ0) is 29.4. The molecule has 3 N–H and O–H groups in total. The van der Waals surface area contributed by atoms with Gasteiger partial charge >= 0.3 is 0 Å². The summed E-state index contributed by atoms with van der Waals surface area (Å²) in [5.74, 6) is -0.0751. The van der Waals surface area contributed by atoms with Crippen molar-refractivity contribution in [1.29, 1.82) is 0 Å². The Bertz CT molecular complexity index is 613. The molecule has 0 saturated heterocycles. The minimum atomic E-state index is -0.836. The largest absolute Gasteiger partial charge is 0.394 e. The summed E-state index contributed by atoms with van der Waals surface area (Å²) in [6, 6.07) is -0.619. The van der Waals surface area contributed by atoms with Crippen LogP contribution in [-0.4, -0.2) is 34.9 Å². The minimum absolute atomic E-state index is 0.0751. The van der Waals surface area contributed by atoms with E-state index in [-0.39, 0.29) is 12.5 Å². The van der Waals surface area contributed by atoms with Gasteiger partial charge in [0.15, 0.2) is 0 Å². The number of nitrogens with one attached hydrogen (secondary N) is 1. The van der Waals surface area contributed by atoms with Crippen LogP contribution in [0.3, 0.4) is 0 Å². The fourth-order valence-corrected chi connectivity index (χ4v) is 4.91. The number of aliphatic hydroxyl groups excluding tert-OH is 2. The lowest BCUT2D eigenvalue weighted by atomic mass is 10.0. The Labute approximate surface area is 249 Å². The maximum atomic E-state index is 12.2. The van der Waals surface area contributed by atoms with E-state index in [1.807, 2.05) is 6.08 Å². The number of hydrogen-bond acceptors (Lipinski definition) is 3. The fraction of sp³-hybridized carbons (Fsp3) is 0.806. The number of aliphatic hydroxyl groups is 2. The van der Waals surface area contributed by atoms with E-state index in [1.165, 1.54) is 116 Å². The predicted molar refractivity (Wildman–Crippen MR) is 175 cm³/mol. The molecule has 0 radical (unpaired) electrons. The van der Waals surface area contributed by atoms with Crippen molar-refractivity contribution >= 4 is 5.91 Å². The zero-order valence-corrected chi connectivity index (χ0v) is 26.6. The van der Waals surface area contributed by atoms with Crippen LogP contribution in [0.5, 0.6) is 0 Å². The van der Waals surface area contributed by atoms with E-state index in [1.54, 1.807) is 6.08 Å². The molecular weight excluding hydrogens is 494 g/mol. The van der Waals surface area contributed by atoms with Crippen molar-refractivity contribution in [1.82, 2.24) is 5.32 Å². The van der Waals surface area contributed by atoms with E-state index in [2.05, 4.69) is 43.5 Å². The zero-order valence-electron chi connectivity index (χ0n) is 26.6. The predicted octanol–water partition coefficient (Wildman–Crippen LogP) is 9.90. The van der Waals surface area contributed by atoms with Gasteiger partial charge in [0.2, 0.25) is 5.91 Å². The number of carbonyl (C=O) groups excluding carboxylic acids is 1. The van der Waals surface area contributed by atoms with Crippen molar-refractivity contribution in [3.8, 4) is 0 Å². The molecule has 0 bridgehead atoms. The molecule has 0 aromatic rings. The van der Waals surface area contributed by atoms with Crippen LogP contribution in [0.25, 0.3) is 0 Å². The highest BCUT2D eigenvalue weighted by molar-refractivity contribution is 5.76. The number of allylic oxidation sites excluding steroid dienone is 5. The van der Waals surface area contributed by atoms with E-state index < -0.39 is 12.1 Å². The summed E-state index contributed by atoms with van der Waals surface area (Å²) in [4.78, 5) is 12.2. The summed E-state index contributed by atoms with van der Waals surface area (Å²) in [5.41, 5.74) is 0. The highest BCUT2D eigenvalue weighted by Crippen LogP contribution is 2.12. The maximum absolute atomic E-state index is 12.2. The lowest BCUT2D eigenvalue weighted by Crippen LogP contribution is -2.45. The van der Waals surface area contributed by atoms with Crippen LogP contribution in [0.15, 0.2) is 36.5 Å². The number of rotatable bonds is 30. The van der Waals surface area contributed by atoms with Gasteiger partial charge in [-0.1, -0.05) is 147 Å². The molecule has 0 aliphatic heterocycles. The summed E-state index contributed by atoms with van der Waals surface area (Å²) in [6.45, 7) is 4.23. The first-order valence-corrected chi connectivity index (χ1v) is 17.2. The van der Waals surface area contributed by atoms with Crippen molar-refractivity contribution in [2.75, 3.05) is 6.61 Å². The van der Waals surface area contributed by atoms with Crippen molar-refractivity contribution < 1.29 is 15.0 Å². The van der Waals surface area contributed by atoms with Gasteiger partial charge in [-0.2, -0.15) is 0 Å². The highest BCUT2D eigenvalue weighted by Gasteiger charge is 2.17. The Morgan fingerprint density at radius 3 is 1.50 bits per heavy atom. The Morgan fingerprint density at radius 2 is 1.02 bits per heavy atom. The van der Waals surface area contributed by atoms with Gasteiger partial charge in [0.1, 0.15) is 0 Å². The number of amides is 1. The van der Waals surface area contributed by atoms with E-state index in [0.29, 0.717) is 6.42 Å². The Morgan fingerprint density at radius 1 is 0.600 bits per heavy atom. The third kappa shape index (κ3) is 28.1. The standard InChI is InChI=1S/C36H67NO3/c1-3-5-7-9-11-12-13-14-15-16-17-18-19-20-21-22-23-24-26-28-30-32-36(40)37-34(33-38)35(39)31-29-27-25-10-8-6-4-2/h13-14,16-17,29,31,34-35,38-39H,3-12,15,18-28,30,32-33H2,1-2H3,(H,37,40)/b14-13-,17-16-,31-29+. The fourth-order valence-electron chi connectivity index (χ4n) is 4.91. The molecule has 4 heteroatoms. The van der Waals surface area contributed by atoms with E-state index >= 15 is 0 Å². The lowest BCUT2D eigenvalue weighted by Gasteiger charge is -2.20. The number of hydrogen-bond donors (Lipinski definition) is 3. The molecule has 0 aliphatic rings. The third-order valence-electron chi connectivity index (χ3n) is 7.62. The molecular formula is C36H67NO3. The van der Waals surface area contributed by atoms with Crippen LogP contribution < -0.4 is 5.32 Å². The molecule has 0 fully saturated rings. The van der Waals surface area contributed by atoms with Crippen LogP contribution in [0.4, 0.5) is 0 Å². The summed E-state index contributed by atoms with van der Waals surface area (Å²) < 4.78 is 0. The quantitative estimate of drug-likeness (QED) is 0.0603. The first-order valence-electron chi connectivity index (χ1n) is 17.2. The number of carbonyl (C=O) groups is 1. The first-order chi connectivity index (χ1) is 19.7. The lowest BCUT2D eigenvalue weighted by molar-refractivity contribution is -0.123. The van der Waals surface area contributed by atoms with E-state index in [9.17, 15) is 15.0 Å². The summed E-state index contributed by atoms with van der Waals surface area (Å²) in [7, 11) is 0. The average molecular weight is 562 g/mol. The molecule has 234 valence electrons. The molecule has 4 nitrogen and oxygen atoms in total. The van der Waals surface area contributed by atoms with Gasteiger partial charge < -0.3 is 15.5 Å².